The second-order valence-electron chi connectivity index (χ2n) is 4.88. The molecule has 0 atom stereocenters. The number of hydrogen-bond donors (Lipinski definition) is 0. The van der Waals surface area contributed by atoms with E-state index in [9.17, 15) is 14.0 Å². The van der Waals surface area contributed by atoms with Crippen molar-refractivity contribution in [3.8, 4) is 0 Å². The van der Waals surface area contributed by atoms with E-state index in [2.05, 4.69) is 0 Å². The molecule has 0 bridgehead atoms. The summed E-state index contributed by atoms with van der Waals surface area (Å²) < 4.78 is 13.1. The molecule has 120 valence electrons. The zero-order valence-corrected chi connectivity index (χ0v) is 14.4. The number of carbonyl (C=O) groups is 2. The highest BCUT2D eigenvalue weighted by molar-refractivity contribution is 8.26. The molecule has 24 heavy (non-hydrogen) atoms. The van der Waals surface area contributed by atoms with Gasteiger partial charge in [-0.05, 0) is 48.0 Å². The Morgan fingerprint density at radius 3 is 2.38 bits per heavy atom. The number of imide groups is 1. The van der Waals surface area contributed by atoms with Gasteiger partial charge in [0.2, 0.25) is 0 Å². The topological polar surface area (TPSA) is 37.4 Å². The lowest BCUT2D eigenvalue weighted by atomic mass is 10.2. The summed E-state index contributed by atoms with van der Waals surface area (Å²) in [5.74, 6) is -1.52. The number of nitrogens with zero attached hydrogens (tertiary/aromatic N) is 1. The fraction of sp³-hybridized carbons (Fsp3) is 0. The van der Waals surface area contributed by atoms with Gasteiger partial charge in [-0.2, -0.15) is 0 Å². The molecule has 2 aromatic carbocycles. The van der Waals surface area contributed by atoms with Crippen LogP contribution in [0.1, 0.15) is 15.9 Å². The maximum absolute atomic E-state index is 13.0. The van der Waals surface area contributed by atoms with Crippen molar-refractivity contribution in [1.82, 2.24) is 4.90 Å². The molecule has 0 aliphatic carbocycles. The average Bonchev–Trinajstić information content (AvgIpc) is 2.83. The van der Waals surface area contributed by atoms with Crippen LogP contribution in [0.2, 0.25) is 5.02 Å². The van der Waals surface area contributed by atoms with Gasteiger partial charge in [0.1, 0.15) is 5.82 Å². The van der Waals surface area contributed by atoms with Crippen LogP contribution in [0.4, 0.5) is 4.39 Å². The Morgan fingerprint density at radius 1 is 1.12 bits per heavy atom. The van der Waals surface area contributed by atoms with Crippen LogP contribution in [0, 0.1) is 5.82 Å². The normalized spacial score (nSPS) is 16.1. The molecule has 3 rings (SSSR count). The van der Waals surface area contributed by atoms with Gasteiger partial charge in [-0.3, -0.25) is 9.59 Å². The van der Waals surface area contributed by atoms with Gasteiger partial charge < -0.3 is 0 Å². The van der Waals surface area contributed by atoms with Crippen molar-refractivity contribution in [2.75, 3.05) is 0 Å². The second kappa shape index (κ2) is 6.84. The van der Waals surface area contributed by atoms with Crippen molar-refractivity contribution < 1.29 is 14.0 Å². The fourth-order valence-corrected chi connectivity index (χ4v) is 3.45. The highest BCUT2D eigenvalue weighted by Gasteiger charge is 2.37. The molecule has 2 aromatic rings. The highest BCUT2D eigenvalue weighted by atomic mass is 35.5. The van der Waals surface area contributed by atoms with Crippen molar-refractivity contribution >= 4 is 57.8 Å². The number of amides is 2. The third-order valence-electron chi connectivity index (χ3n) is 3.26. The molecule has 1 saturated heterocycles. The molecule has 0 aromatic heterocycles. The van der Waals surface area contributed by atoms with E-state index in [1.54, 1.807) is 30.3 Å². The van der Waals surface area contributed by atoms with E-state index in [0.29, 0.717) is 9.93 Å². The lowest BCUT2D eigenvalue weighted by Crippen LogP contribution is -2.34. The molecule has 0 radical (unpaired) electrons. The van der Waals surface area contributed by atoms with Gasteiger partial charge >= 0.3 is 0 Å². The van der Waals surface area contributed by atoms with Gasteiger partial charge in [0.15, 0.2) is 4.32 Å². The molecule has 0 saturated carbocycles. The molecule has 0 unspecified atom stereocenters. The van der Waals surface area contributed by atoms with Crippen LogP contribution in [0.3, 0.4) is 0 Å². The first-order valence-corrected chi connectivity index (χ1v) is 8.39. The van der Waals surface area contributed by atoms with Gasteiger partial charge in [0.05, 0.1) is 4.91 Å². The maximum atomic E-state index is 13.0. The largest absolute Gasteiger partial charge is 0.273 e. The van der Waals surface area contributed by atoms with E-state index in [4.69, 9.17) is 23.8 Å². The van der Waals surface area contributed by atoms with Gasteiger partial charge in [-0.1, -0.05) is 47.7 Å². The van der Waals surface area contributed by atoms with Crippen molar-refractivity contribution in [1.29, 1.82) is 0 Å². The van der Waals surface area contributed by atoms with Crippen LogP contribution in [-0.4, -0.2) is 21.0 Å². The molecule has 1 aliphatic heterocycles. The summed E-state index contributed by atoms with van der Waals surface area (Å²) in [6, 6.07) is 11.9. The Balaban J connectivity index is 1.87. The molecule has 7 heteroatoms. The summed E-state index contributed by atoms with van der Waals surface area (Å²) in [6.45, 7) is 0. The van der Waals surface area contributed by atoms with E-state index < -0.39 is 17.6 Å². The third kappa shape index (κ3) is 3.40. The Kier molecular flexibility index (Phi) is 4.80. The predicted octanol–water partition coefficient (Wildman–Crippen LogP) is 4.52. The zero-order chi connectivity index (χ0) is 17.3. The maximum Gasteiger partial charge on any atom is 0.273 e. The average molecular weight is 378 g/mol. The molecule has 0 N–H and O–H groups in total. The molecule has 1 aliphatic rings. The lowest BCUT2D eigenvalue weighted by molar-refractivity contribution is -0.120. The van der Waals surface area contributed by atoms with Crippen LogP contribution in [0.25, 0.3) is 6.08 Å². The predicted molar refractivity (Wildman–Crippen MR) is 97.2 cm³/mol. The zero-order valence-electron chi connectivity index (χ0n) is 12.0. The number of thioether (sulfide) groups is 1. The van der Waals surface area contributed by atoms with E-state index in [1.807, 2.05) is 0 Å². The number of carbonyl (C=O) groups excluding carboxylic acids is 2. The monoisotopic (exact) mass is 377 g/mol. The standard InChI is InChI=1S/C17H9ClFNO2S2/c18-12-5-1-10(2-6-12)9-14-16(22)20(17(23)24-14)15(21)11-3-7-13(19)8-4-11/h1-9H. The van der Waals surface area contributed by atoms with Crippen LogP contribution < -0.4 is 0 Å². The second-order valence-corrected chi connectivity index (χ2v) is 6.99. The summed E-state index contributed by atoms with van der Waals surface area (Å²) in [5.41, 5.74) is 0.967. The first-order valence-electron chi connectivity index (χ1n) is 6.79. The van der Waals surface area contributed by atoms with Crippen molar-refractivity contribution in [3.05, 3.63) is 75.4 Å². The highest BCUT2D eigenvalue weighted by Crippen LogP contribution is 2.33. The number of halogens is 2. The van der Waals surface area contributed by atoms with E-state index in [1.165, 1.54) is 12.1 Å². The lowest BCUT2D eigenvalue weighted by Gasteiger charge is -2.12. The first-order chi connectivity index (χ1) is 11.5. The summed E-state index contributed by atoms with van der Waals surface area (Å²) in [6.07, 6.45) is 1.65. The minimum Gasteiger partial charge on any atom is -0.268 e. The van der Waals surface area contributed by atoms with Gasteiger partial charge in [-0.25, -0.2) is 9.29 Å². The van der Waals surface area contributed by atoms with Crippen molar-refractivity contribution in [2.45, 2.75) is 0 Å². The van der Waals surface area contributed by atoms with E-state index in [-0.39, 0.29) is 9.88 Å². The van der Waals surface area contributed by atoms with Crippen LogP contribution in [0.15, 0.2) is 53.4 Å². The van der Waals surface area contributed by atoms with Gasteiger partial charge in [0, 0.05) is 10.6 Å². The molecular weight excluding hydrogens is 369 g/mol. The van der Waals surface area contributed by atoms with E-state index in [0.717, 1.165) is 34.4 Å². The number of benzene rings is 2. The quantitative estimate of drug-likeness (QED) is 0.438. The Labute approximate surface area is 152 Å². The van der Waals surface area contributed by atoms with Gasteiger partial charge in [-0.15, -0.1) is 0 Å². The van der Waals surface area contributed by atoms with Crippen LogP contribution in [0.5, 0.6) is 0 Å². The third-order valence-corrected chi connectivity index (χ3v) is 4.81. The molecule has 0 spiro atoms. The smallest absolute Gasteiger partial charge is 0.268 e. The fourth-order valence-electron chi connectivity index (χ4n) is 2.07. The Bertz CT molecular complexity index is 863. The van der Waals surface area contributed by atoms with Gasteiger partial charge in [0.25, 0.3) is 11.8 Å². The number of thiocarbonyl (C=S) groups is 1. The summed E-state index contributed by atoms with van der Waals surface area (Å²) >= 11 is 12.0. The summed E-state index contributed by atoms with van der Waals surface area (Å²) in [7, 11) is 0. The van der Waals surface area contributed by atoms with E-state index >= 15 is 0 Å². The molecule has 1 fully saturated rings. The summed E-state index contributed by atoms with van der Waals surface area (Å²) in [5, 5.41) is 0.589. The van der Waals surface area contributed by atoms with Crippen molar-refractivity contribution in [3.63, 3.8) is 0 Å². The van der Waals surface area contributed by atoms with Crippen LogP contribution in [-0.2, 0) is 4.79 Å². The minimum atomic E-state index is -0.572. The Morgan fingerprint density at radius 2 is 1.75 bits per heavy atom. The molecule has 1 heterocycles. The van der Waals surface area contributed by atoms with Crippen molar-refractivity contribution in [2.24, 2.45) is 0 Å². The molecule has 3 nitrogen and oxygen atoms in total. The van der Waals surface area contributed by atoms with Crippen LogP contribution >= 0.6 is 35.6 Å². The number of rotatable bonds is 2. The number of hydrogen-bond acceptors (Lipinski definition) is 4. The SMILES string of the molecule is O=C1C(=Cc2ccc(Cl)cc2)SC(=S)N1C(=O)c1ccc(F)cc1. The molecule has 2 amide bonds. The minimum absolute atomic E-state index is 0.148. The Hall–Kier alpha value is -2.02. The first kappa shape index (κ1) is 16.8. The summed E-state index contributed by atoms with van der Waals surface area (Å²) in [4.78, 5) is 26.2. The molecular formula is C17H9ClFNO2S2.